The summed E-state index contributed by atoms with van der Waals surface area (Å²) < 4.78 is 0. The van der Waals surface area contributed by atoms with Gasteiger partial charge < -0.3 is 11.5 Å². The van der Waals surface area contributed by atoms with E-state index in [1.807, 2.05) is 30.3 Å². The zero-order valence-electron chi connectivity index (χ0n) is 8.92. The van der Waals surface area contributed by atoms with E-state index in [1.54, 1.807) is 6.07 Å². The third-order valence-corrected chi connectivity index (χ3v) is 2.12. The maximum Gasteiger partial charge on any atom is 0.290 e. The predicted molar refractivity (Wildman–Crippen MR) is 65.0 cm³/mol. The summed E-state index contributed by atoms with van der Waals surface area (Å²) in [7, 11) is 0. The van der Waals surface area contributed by atoms with Crippen molar-refractivity contribution in [2.75, 3.05) is 0 Å². The highest BCUT2D eigenvalue weighted by molar-refractivity contribution is 5.95. The summed E-state index contributed by atoms with van der Waals surface area (Å²) in [5.74, 6) is -0.664. The van der Waals surface area contributed by atoms with Crippen LogP contribution in [0.3, 0.4) is 0 Å². The van der Waals surface area contributed by atoms with Crippen molar-refractivity contribution in [3.63, 3.8) is 0 Å². The van der Waals surface area contributed by atoms with Crippen LogP contribution in [0.25, 0.3) is 10.9 Å². The molecule has 1 aromatic heterocycles. The number of carbonyl (C=O) groups is 1. The Kier molecular flexibility index (Phi) is 2.87. The molecule has 17 heavy (non-hydrogen) atoms. The largest absolute Gasteiger partial charge is 0.369 e. The molecular weight excluding hydrogens is 218 g/mol. The number of nitrogens with one attached hydrogen (secondary N) is 1. The average molecular weight is 229 g/mol. The van der Waals surface area contributed by atoms with E-state index < -0.39 is 5.91 Å². The first-order valence-corrected chi connectivity index (χ1v) is 4.91. The van der Waals surface area contributed by atoms with Crippen molar-refractivity contribution in [1.82, 2.24) is 10.4 Å². The van der Waals surface area contributed by atoms with Crippen LogP contribution in [-0.4, -0.2) is 16.9 Å². The highest BCUT2D eigenvalue weighted by Crippen LogP contribution is 2.11. The molecular formula is C11H11N5O. The summed E-state index contributed by atoms with van der Waals surface area (Å²) in [5.41, 5.74) is 13.4. The van der Waals surface area contributed by atoms with Gasteiger partial charge in [-0.05, 0) is 12.1 Å². The van der Waals surface area contributed by atoms with Gasteiger partial charge in [0.05, 0.1) is 5.52 Å². The van der Waals surface area contributed by atoms with Crippen molar-refractivity contribution < 1.29 is 4.79 Å². The topological polar surface area (TPSA) is 106 Å². The van der Waals surface area contributed by atoms with Gasteiger partial charge in [0.2, 0.25) is 5.96 Å². The van der Waals surface area contributed by atoms with Gasteiger partial charge in [0, 0.05) is 5.39 Å². The number of guanidine groups is 1. The molecule has 0 radical (unpaired) electrons. The van der Waals surface area contributed by atoms with E-state index in [9.17, 15) is 4.79 Å². The maximum absolute atomic E-state index is 11.6. The zero-order chi connectivity index (χ0) is 12.3. The summed E-state index contributed by atoms with van der Waals surface area (Å²) in [6.07, 6.45) is 0. The zero-order valence-corrected chi connectivity index (χ0v) is 8.92. The van der Waals surface area contributed by atoms with Gasteiger partial charge >= 0.3 is 0 Å². The average Bonchev–Trinajstić information content (AvgIpc) is 2.35. The van der Waals surface area contributed by atoms with E-state index in [0.29, 0.717) is 0 Å². The molecule has 86 valence electrons. The number of benzene rings is 1. The molecule has 0 aliphatic heterocycles. The van der Waals surface area contributed by atoms with Crippen LogP contribution in [0.4, 0.5) is 0 Å². The van der Waals surface area contributed by atoms with Gasteiger partial charge in [-0.1, -0.05) is 24.3 Å². The van der Waals surface area contributed by atoms with Crippen LogP contribution in [0.5, 0.6) is 0 Å². The van der Waals surface area contributed by atoms with Crippen LogP contribution in [-0.2, 0) is 0 Å². The van der Waals surface area contributed by atoms with Crippen LogP contribution < -0.4 is 16.9 Å². The first-order chi connectivity index (χ1) is 8.16. The molecule has 0 fully saturated rings. The van der Waals surface area contributed by atoms with Crippen molar-refractivity contribution in [2.45, 2.75) is 0 Å². The molecule has 0 aliphatic carbocycles. The molecule has 0 atom stereocenters. The number of pyridine rings is 1. The maximum atomic E-state index is 11.6. The summed E-state index contributed by atoms with van der Waals surface area (Å²) in [5, 5.41) is 4.38. The molecule has 0 bridgehead atoms. The molecule has 2 rings (SSSR count). The Balaban J connectivity index is 2.30. The lowest BCUT2D eigenvalue weighted by atomic mass is 10.2. The third kappa shape index (κ3) is 2.49. The Morgan fingerprint density at radius 3 is 2.71 bits per heavy atom. The molecule has 6 heteroatoms. The SMILES string of the molecule is NC(N)=NNC(=O)c1ccc2ccccc2n1. The minimum Gasteiger partial charge on any atom is -0.369 e. The molecule has 0 aliphatic rings. The van der Waals surface area contributed by atoms with Crippen molar-refractivity contribution >= 4 is 22.8 Å². The van der Waals surface area contributed by atoms with Gasteiger partial charge in [-0.3, -0.25) is 4.79 Å². The van der Waals surface area contributed by atoms with E-state index >= 15 is 0 Å². The fraction of sp³-hybridized carbons (Fsp3) is 0. The minimum atomic E-state index is -0.454. The smallest absolute Gasteiger partial charge is 0.290 e. The number of nitrogens with zero attached hydrogens (tertiary/aromatic N) is 2. The molecule has 0 unspecified atom stereocenters. The molecule has 0 saturated carbocycles. The second-order valence-electron chi connectivity index (χ2n) is 3.37. The number of fused-ring (bicyclic) bond motifs is 1. The van der Waals surface area contributed by atoms with E-state index in [2.05, 4.69) is 15.5 Å². The van der Waals surface area contributed by atoms with Crippen LogP contribution in [0.15, 0.2) is 41.5 Å². The van der Waals surface area contributed by atoms with E-state index in [0.717, 1.165) is 10.9 Å². The number of aromatic nitrogens is 1. The first kappa shape index (κ1) is 10.9. The number of hydrazone groups is 1. The normalized spacial score (nSPS) is 9.88. The number of nitrogens with two attached hydrogens (primary N) is 2. The van der Waals surface area contributed by atoms with E-state index in [4.69, 9.17) is 11.5 Å². The van der Waals surface area contributed by atoms with Crippen molar-refractivity contribution in [3.05, 3.63) is 42.1 Å². The third-order valence-electron chi connectivity index (χ3n) is 2.12. The van der Waals surface area contributed by atoms with Gasteiger partial charge in [0.15, 0.2) is 0 Å². The Hall–Kier alpha value is -2.63. The standard InChI is InChI=1S/C11H11N5O/c12-11(13)16-15-10(17)9-6-5-7-3-1-2-4-8(7)14-9/h1-6H,(H,15,17)(H4,12,13,16). The molecule has 5 N–H and O–H groups in total. The second-order valence-corrected chi connectivity index (χ2v) is 3.37. The first-order valence-electron chi connectivity index (χ1n) is 4.91. The van der Waals surface area contributed by atoms with Crippen molar-refractivity contribution in [1.29, 1.82) is 0 Å². The van der Waals surface area contributed by atoms with Crippen molar-refractivity contribution in [3.8, 4) is 0 Å². The number of amides is 1. The molecule has 0 spiro atoms. The van der Waals surface area contributed by atoms with Gasteiger partial charge in [-0.2, -0.15) is 0 Å². The van der Waals surface area contributed by atoms with Crippen molar-refractivity contribution in [2.24, 2.45) is 16.6 Å². The Morgan fingerprint density at radius 2 is 1.94 bits per heavy atom. The highest BCUT2D eigenvalue weighted by Gasteiger charge is 2.06. The number of hydrogen-bond acceptors (Lipinski definition) is 3. The lowest BCUT2D eigenvalue weighted by molar-refractivity contribution is 0.0950. The highest BCUT2D eigenvalue weighted by atomic mass is 16.2. The Morgan fingerprint density at radius 1 is 1.18 bits per heavy atom. The Labute approximate surface area is 97.3 Å². The quantitative estimate of drug-likeness (QED) is 0.387. The van der Waals surface area contributed by atoms with Crippen LogP contribution in [0, 0.1) is 0 Å². The van der Waals surface area contributed by atoms with Crippen LogP contribution in [0.2, 0.25) is 0 Å². The summed E-state index contributed by atoms with van der Waals surface area (Å²) in [6.45, 7) is 0. The monoisotopic (exact) mass is 229 g/mol. The number of rotatable bonds is 2. The fourth-order valence-electron chi connectivity index (χ4n) is 1.37. The molecule has 6 nitrogen and oxygen atoms in total. The number of para-hydroxylation sites is 1. The Bertz CT molecular complexity index is 589. The fourth-order valence-corrected chi connectivity index (χ4v) is 1.37. The number of hydrogen-bond donors (Lipinski definition) is 3. The second kappa shape index (κ2) is 4.48. The van der Waals surface area contributed by atoms with Crippen LogP contribution >= 0.6 is 0 Å². The minimum absolute atomic E-state index is 0.209. The summed E-state index contributed by atoms with van der Waals surface area (Å²) in [4.78, 5) is 15.8. The molecule has 0 saturated heterocycles. The number of carbonyl (C=O) groups excluding carboxylic acids is 1. The van der Waals surface area contributed by atoms with E-state index in [-0.39, 0.29) is 11.7 Å². The molecule has 1 amide bonds. The van der Waals surface area contributed by atoms with Gasteiger partial charge in [0.1, 0.15) is 5.69 Å². The van der Waals surface area contributed by atoms with Gasteiger partial charge in [0.25, 0.3) is 5.91 Å². The van der Waals surface area contributed by atoms with E-state index in [1.165, 1.54) is 0 Å². The molecule has 1 aromatic carbocycles. The molecule has 1 heterocycles. The summed E-state index contributed by atoms with van der Waals surface area (Å²) >= 11 is 0. The molecule has 2 aromatic rings. The van der Waals surface area contributed by atoms with Crippen LogP contribution in [0.1, 0.15) is 10.5 Å². The predicted octanol–water partition coefficient (Wildman–Crippen LogP) is 0.153. The van der Waals surface area contributed by atoms with Gasteiger partial charge in [-0.15, -0.1) is 5.10 Å². The lowest BCUT2D eigenvalue weighted by Crippen LogP contribution is -2.29. The lowest BCUT2D eigenvalue weighted by Gasteiger charge is -2.01. The van der Waals surface area contributed by atoms with Gasteiger partial charge in [-0.25, -0.2) is 10.4 Å². The summed E-state index contributed by atoms with van der Waals surface area (Å²) in [6, 6.07) is 10.9.